The zero-order valence-corrected chi connectivity index (χ0v) is 22.2. The van der Waals surface area contributed by atoms with E-state index in [1.54, 1.807) is 46.9 Å². The fourth-order valence-electron chi connectivity index (χ4n) is 5.20. The summed E-state index contributed by atoms with van der Waals surface area (Å²) < 4.78 is 6.55. The first-order chi connectivity index (χ1) is 18.5. The van der Waals surface area contributed by atoms with Gasteiger partial charge in [0.25, 0.3) is 11.5 Å². The number of ether oxygens (including phenoxy) is 1. The lowest BCUT2D eigenvalue weighted by Gasteiger charge is -2.28. The van der Waals surface area contributed by atoms with Crippen molar-refractivity contribution in [3.05, 3.63) is 90.7 Å². The van der Waals surface area contributed by atoms with Gasteiger partial charge in [0.15, 0.2) is 12.3 Å². The van der Waals surface area contributed by atoms with Gasteiger partial charge < -0.3 is 4.74 Å². The second-order valence-corrected chi connectivity index (χ2v) is 11.2. The summed E-state index contributed by atoms with van der Waals surface area (Å²) >= 11 is 3.27. The number of benzene rings is 1. The van der Waals surface area contributed by atoms with Gasteiger partial charge >= 0.3 is 5.97 Å². The Bertz CT molecular complexity index is 1640. The topological polar surface area (TPSA) is 93.9 Å². The number of aromatic nitrogens is 2. The molecule has 192 valence electrons. The van der Waals surface area contributed by atoms with Gasteiger partial charge in [-0.15, -0.1) is 22.7 Å². The predicted octanol–water partition coefficient (Wildman–Crippen LogP) is 5.04. The van der Waals surface area contributed by atoms with Crippen molar-refractivity contribution in [2.24, 2.45) is 18.1 Å². The molecule has 1 amide bonds. The van der Waals surface area contributed by atoms with Crippen LogP contribution in [-0.2, 0) is 16.6 Å². The van der Waals surface area contributed by atoms with Gasteiger partial charge in [-0.2, -0.15) is 10.2 Å². The molecule has 0 bridgehead atoms. The van der Waals surface area contributed by atoms with E-state index in [0.717, 1.165) is 45.0 Å². The van der Waals surface area contributed by atoms with E-state index in [-0.39, 0.29) is 23.2 Å². The Balaban J connectivity index is 1.28. The van der Waals surface area contributed by atoms with Gasteiger partial charge in [-0.1, -0.05) is 30.3 Å². The number of hydrogen-bond acceptors (Lipinski definition) is 8. The molecular weight excluding hydrogens is 520 g/mol. The van der Waals surface area contributed by atoms with Crippen LogP contribution in [0.1, 0.15) is 45.5 Å². The number of thiophene rings is 2. The van der Waals surface area contributed by atoms with Gasteiger partial charge in [-0.3, -0.25) is 9.59 Å². The molecule has 1 aromatic carbocycles. The van der Waals surface area contributed by atoms with E-state index in [9.17, 15) is 14.4 Å². The van der Waals surface area contributed by atoms with Crippen molar-refractivity contribution in [2.45, 2.75) is 25.3 Å². The fourth-order valence-corrected chi connectivity index (χ4v) is 6.76. The SMILES string of the molecule is Cn1nc(C(=O)OCC(=O)N2N=C3/C(=C/c4cccs4)CCC[C@H]3[C@@H]2c2cccs2)c2ccccc2c1=O. The van der Waals surface area contributed by atoms with E-state index < -0.39 is 18.5 Å². The molecule has 4 heterocycles. The Hall–Kier alpha value is -3.89. The van der Waals surface area contributed by atoms with Gasteiger partial charge in [0.05, 0.1) is 17.1 Å². The molecule has 0 radical (unpaired) electrons. The summed E-state index contributed by atoms with van der Waals surface area (Å²) in [6, 6.07) is 14.6. The highest BCUT2D eigenvalue weighted by Crippen LogP contribution is 2.45. The minimum absolute atomic E-state index is 0.00659. The lowest BCUT2D eigenvalue weighted by Crippen LogP contribution is -2.34. The fraction of sp³-hybridized carbons (Fsp3) is 0.250. The first-order valence-corrected chi connectivity index (χ1v) is 14.1. The number of amides is 1. The number of carbonyl (C=O) groups is 2. The molecule has 10 heteroatoms. The molecule has 0 saturated heterocycles. The number of hydrogen-bond donors (Lipinski definition) is 0. The van der Waals surface area contributed by atoms with Crippen LogP contribution in [0.15, 0.2) is 74.8 Å². The molecule has 1 saturated carbocycles. The number of aryl methyl sites for hydroxylation is 1. The van der Waals surface area contributed by atoms with Crippen LogP contribution in [0.5, 0.6) is 0 Å². The van der Waals surface area contributed by atoms with Crippen LogP contribution in [0.25, 0.3) is 16.8 Å². The van der Waals surface area contributed by atoms with Crippen molar-refractivity contribution in [3.8, 4) is 0 Å². The summed E-state index contributed by atoms with van der Waals surface area (Å²) in [4.78, 5) is 41.1. The number of esters is 1. The van der Waals surface area contributed by atoms with Gasteiger partial charge in [-0.05, 0) is 59.9 Å². The average molecular weight is 545 g/mol. The number of nitrogens with zero attached hydrogens (tertiary/aromatic N) is 4. The summed E-state index contributed by atoms with van der Waals surface area (Å²) in [5.74, 6) is -1.08. The third-order valence-corrected chi connectivity index (χ3v) is 8.69. The predicted molar refractivity (Wildman–Crippen MR) is 148 cm³/mol. The Morgan fingerprint density at radius 1 is 1.08 bits per heavy atom. The normalized spacial score (nSPS) is 20.0. The maximum absolute atomic E-state index is 13.5. The van der Waals surface area contributed by atoms with Gasteiger partial charge in [0.1, 0.15) is 0 Å². The second kappa shape index (κ2) is 10.1. The molecule has 1 aliphatic carbocycles. The van der Waals surface area contributed by atoms with Gasteiger partial charge in [0, 0.05) is 28.1 Å². The highest BCUT2D eigenvalue weighted by Gasteiger charge is 2.44. The van der Waals surface area contributed by atoms with Crippen LogP contribution < -0.4 is 5.56 Å². The van der Waals surface area contributed by atoms with Gasteiger partial charge in [-0.25, -0.2) is 14.5 Å². The summed E-state index contributed by atoms with van der Waals surface area (Å²) in [5.41, 5.74) is 1.77. The number of hydrazone groups is 1. The molecule has 8 nitrogen and oxygen atoms in total. The van der Waals surface area contributed by atoms with E-state index in [4.69, 9.17) is 9.84 Å². The van der Waals surface area contributed by atoms with Crippen LogP contribution in [-0.4, -0.2) is 39.0 Å². The molecule has 2 atom stereocenters. The van der Waals surface area contributed by atoms with Crippen molar-refractivity contribution in [3.63, 3.8) is 0 Å². The van der Waals surface area contributed by atoms with Crippen molar-refractivity contribution in [2.75, 3.05) is 6.61 Å². The lowest BCUT2D eigenvalue weighted by molar-refractivity contribution is -0.136. The standard InChI is InChI=1S/C28H24N4O4S2/c1-31-27(34)20-10-3-2-9-19(20)25(29-31)28(35)36-16-23(33)32-26(22-12-6-14-38-22)21-11-4-7-17(24(21)30-32)15-18-8-5-13-37-18/h2-3,5-6,8-10,12-15,21,26H,4,7,11,16H2,1H3/b17-15+/t21-,26-/m1/s1. The number of carbonyl (C=O) groups excluding carboxylic acids is 2. The third-order valence-electron chi connectivity index (χ3n) is 6.93. The Morgan fingerprint density at radius 2 is 1.87 bits per heavy atom. The lowest BCUT2D eigenvalue weighted by atomic mass is 9.79. The van der Waals surface area contributed by atoms with Crippen LogP contribution >= 0.6 is 22.7 Å². The Kier molecular flexibility index (Phi) is 6.50. The summed E-state index contributed by atoms with van der Waals surface area (Å²) in [5, 5.41) is 15.2. The van der Waals surface area contributed by atoms with Crippen molar-refractivity contribution in [1.82, 2.24) is 14.8 Å². The molecule has 0 spiro atoms. The Labute approximate surface area is 226 Å². The van der Waals surface area contributed by atoms with Crippen molar-refractivity contribution < 1.29 is 14.3 Å². The molecule has 0 unspecified atom stereocenters. The van der Waals surface area contributed by atoms with Gasteiger partial charge in [0.2, 0.25) is 0 Å². The highest BCUT2D eigenvalue weighted by atomic mass is 32.1. The molecule has 38 heavy (non-hydrogen) atoms. The molecule has 6 rings (SSSR count). The smallest absolute Gasteiger partial charge is 0.359 e. The quantitative estimate of drug-likeness (QED) is 0.328. The monoisotopic (exact) mass is 544 g/mol. The second-order valence-electron chi connectivity index (χ2n) is 9.27. The van der Waals surface area contributed by atoms with Crippen LogP contribution in [0.2, 0.25) is 0 Å². The summed E-state index contributed by atoms with van der Waals surface area (Å²) in [6.07, 6.45) is 5.03. The maximum atomic E-state index is 13.5. The molecule has 2 aliphatic rings. The van der Waals surface area contributed by atoms with E-state index in [1.807, 2.05) is 29.0 Å². The average Bonchev–Trinajstić information content (AvgIpc) is 3.70. The van der Waals surface area contributed by atoms with Crippen molar-refractivity contribution >= 4 is 57.1 Å². The first-order valence-electron chi connectivity index (χ1n) is 12.3. The van der Waals surface area contributed by atoms with Crippen LogP contribution in [0.4, 0.5) is 0 Å². The summed E-state index contributed by atoms with van der Waals surface area (Å²) in [6.45, 7) is -0.479. The minimum Gasteiger partial charge on any atom is -0.451 e. The number of allylic oxidation sites excluding steroid dienone is 1. The molecule has 1 aliphatic heterocycles. The van der Waals surface area contributed by atoms with Crippen LogP contribution in [0, 0.1) is 5.92 Å². The first kappa shape index (κ1) is 24.4. The molecular formula is C28H24N4O4S2. The minimum atomic E-state index is -0.764. The van der Waals surface area contributed by atoms with Crippen LogP contribution in [0.3, 0.4) is 0 Å². The number of rotatable bonds is 5. The molecule has 3 aromatic heterocycles. The maximum Gasteiger partial charge on any atom is 0.359 e. The summed E-state index contributed by atoms with van der Waals surface area (Å²) in [7, 11) is 1.48. The van der Waals surface area contributed by atoms with E-state index in [1.165, 1.54) is 12.1 Å². The molecule has 4 aromatic rings. The Morgan fingerprint density at radius 3 is 2.63 bits per heavy atom. The van der Waals surface area contributed by atoms with E-state index >= 15 is 0 Å². The molecule has 0 N–H and O–H groups in total. The van der Waals surface area contributed by atoms with E-state index in [0.29, 0.717) is 10.8 Å². The third kappa shape index (κ3) is 4.39. The van der Waals surface area contributed by atoms with Crippen molar-refractivity contribution in [1.29, 1.82) is 0 Å². The van der Waals surface area contributed by atoms with E-state index in [2.05, 4.69) is 17.2 Å². The zero-order chi connectivity index (χ0) is 26.2. The number of fused-ring (bicyclic) bond motifs is 2. The largest absolute Gasteiger partial charge is 0.451 e. The molecule has 1 fully saturated rings. The zero-order valence-electron chi connectivity index (χ0n) is 20.6. The highest BCUT2D eigenvalue weighted by molar-refractivity contribution is 7.11.